The molecule has 0 bridgehead atoms. The Morgan fingerprint density at radius 2 is 1.91 bits per heavy atom. The van der Waals surface area contributed by atoms with E-state index in [9.17, 15) is 4.79 Å². The SMILES string of the molecule is O=C(c1ccccc1)[C@H]1Nc2ccc(Cl)cc2[C@H]2CCC[C@H]12. The van der Waals surface area contributed by atoms with Crippen molar-refractivity contribution in [1.29, 1.82) is 0 Å². The highest BCUT2D eigenvalue weighted by molar-refractivity contribution is 6.30. The standard InChI is InChI=1S/C19H18ClNO/c20-13-9-10-17-16(11-13)14-7-4-8-15(14)18(21-17)19(22)12-5-2-1-3-6-12/h1-3,5-6,9-11,14-15,18,21H,4,7-8H2/t14-,15-,18-/m0/s1. The molecule has 1 aliphatic heterocycles. The van der Waals surface area contributed by atoms with Gasteiger partial charge in [0.1, 0.15) is 0 Å². The molecule has 0 spiro atoms. The van der Waals surface area contributed by atoms with Gasteiger partial charge in [0.05, 0.1) is 6.04 Å². The molecule has 2 aromatic rings. The van der Waals surface area contributed by atoms with Gasteiger partial charge >= 0.3 is 0 Å². The average molecular weight is 312 g/mol. The fourth-order valence-electron chi connectivity index (χ4n) is 4.06. The summed E-state index contributed by atoms with van der Waals surface area (Å²) < 4.78 is 0. The molecule has 1 heterocycles. The second-order valence-corrected chi connectivity index (χ2v) is 6.72. The number of rotatable bonds is 2. The maximum absolute atomic E-state index is 12.9. The number of carbonyl (C=O) groups is 1. The van der Waals surface area contributed by atoms with E-state index >= 15 is 0 Å². The van der Waals surface area contributed by atoms with Crippen molar-refractivity contribution in [1.82, 2.24) is 0 Å². The highest BCUT2D eigenvalue weighted by atomic mass is 35.5. The Bertz CT molecular complexity index is 713. The Hall–Kier alpha value is -1.80. The predicted octanol–water partition coefficient (Wildman–Crippen LogP) is 4.90. The first kappa shape index (κ1) is 13.8. The van der Waals surface area contributed by atoms with Crippen LogP contribution in [0.1, 0.15) is 41.1 Å². The number of Topliss-reactive ketones (excluding diaryl/α,β-unsaturated/α-hetero) is 1. The first-order valence-electron chi connectivity index (χ1n) is 7.89. The quantitative estimate of drug-likeness (QED) is 0.799. The lowest BCUT2D eigenvalue weighted by atomic mass is 9.77. The van der Waals surface area contributed by atoms with Crippen LogP contribution in [-0.2, 0) is 0 Å². The van der Waals surface area contributed by atoms with Gasteiger partial charge in [-0.1, -0.05) is 48.4 Å². The zero-order valence-electron chi connectivity index (χ0n) is 12.3. The summed E-state index contributed by atoms with van der Waals surface area (Å²) in [5.74, 6) is 1.03. The zero-order chi connectivity index (χ0) is 15.1. The third-order valence-corrected chi connectivity index (χ3v) is 5.30. The van der Waals surface area contributed by atoms with Crippen molar-refractivity contribution >= 4 is 23.1 Å². The fraction of sp³-hybridized carbons (Fsp3) is 0.316. The molecule has 3 heteroatoms. The molecule has 0 radical (unpaired) electrons. The zero-order valence-corrected chi connectivity index (χ0v) is 13.0. The van der Waals surface area contributed by atoms with Crippen molar-refractivity contribution in [2.45, 2.75) is 31.2 Å². The van der Waals surface area contributed by atoms with E-state index in [0.29, 0.717) is 11.8 Å². The third-order valence-electron chi connectivity index (χ3n) is 5.06. The third kappa shape index (κ3) is 2.22. The smallest absolute Gasteiger partial charge is 0.185 e. The number of hydrogen-bond donors (Lipinski definition) is 1. The maximum atomic E-state index is 12.9. The molecule has 3 atom stereocenters. The summed E-state index contributed by atoms with van der Waals surface area (Å²) in [6, 6.07) is 15.5. The molecule has 0 saturated heterocycles. The molecular weight excluding hydrogens is 294 g/mol. The summed E-state index contributed by atoms with van der Waals surface area (Å²) in [7, 11) is 0. The maximum Gasteiger partial charge on any atom is 0.185 e. The Kier molecular flexibility index (Phi) is 3.42. The van der Waals surface area contributed by atoms with Crippen molar-refractivity contribution < 1.29 is 4.79 Å². The lowest BCUT2D eigenvalue weighted by Crippen LogP contribution is -2.41. The van der Waals surface area contributed by atoms with E-state index in [2.05, 4.69) is 11.4 Å². The predicted molar refractivity (Wildman–Crippen MR) is 89.7 cm³/mol. The van der Waals surface area contributed by atoms with Gasteiger partial charge in [-0.15, -0.1) is 0 Å². The topological polar surface area (TPSA) is 29.1 Å². The highest BCUT2D eigenvalue weighted by Gasteiger charge is 2.42. The van der Waals surface area contributed by atoms with Gasteiger partial charge in [-0.2, -0.15) is 0 Å². The molecular formula is C19H18ClNO. The molecule has 1 saturated carbocycles. The fourth-order valence-corrected chi connectivity index (χ4v) is 4.24. The van der Waals surface area contributed by atoms with E-state index in [-0.39, 0.29) is 11.8 Å². The van der Waals surface area contributed by atoms with Crippen LogP contribution in [-0.4, -0.2) is 11.8 Å². The van der Waals surface area contributed by atoms with Crippen LogP contribution in [0.5, 0.6) is 0 Å². The van der Waals surface area contributed by atoms with Gasteiger partial charge in [0.2, 0.25) is 0 Å². The van der Waals surface area contributed by atoms with Crippen LogP contribution in [0.4, 0.5) is 5.69 Å². The van der Waals surface area contributed by atoms with Crippen LogP contribution in [0.2, 0.25) is 5.02 Å². The van der Waals surface area contributed by atoms with Crippen molar-refractivity contribution in [3.63, 3.8) is 0 Å². The molecule has 112 valence electrons. The van der Waals surface area contributed by atoms with Crippen LogP contribution in [0, 0.1) is 5.92 Å². The van der Waals surface area contributed by atoms with E-state index in [1.807, 2.05) is 42.5 Å². The summed E-state index contributed by atoms with van der Waals surface area (Å²) in [6.45, 7) is 0. The number of halogens is 1. The van der Waals surface area contributed by atoms with E-state index < -0.39 is 0 Å². The average Bonchev–Trinajstić information content (AvgIpc) is 3.04. The van der Waals surface area contributed by atoms with Crippen LogP contribution in [0.3, 0.4) is 0 Å². The van der Waals surface area contributed by atoms with Gasteiger partial charge in [0.15, 0.2) is 5.78 Å². The Labute approximate surface area is 135 Å². The van der Waals surface area contributed by atoms with E-state index in [1.54, 1.807) is 0 Å². The molecule has 0 amide bonds. The van der Waals surface area contributed by atoms with Crippen molar-refractivity contribution in [2.75, 3.05) is 5.32 Å². The van der Waals surface area contributed by atoms with Crippen LogP contribution >= 0.6 is 11.6 Å². The molecule has 1 fully saturated rings. The first-order valence-corrected chi connectivity index (χ1v) is 8.27. The van der Waals surface area contributed by atoms with Crippen molar-refractivity contribution in [3.05, 3.63) is 64.7 Å². The summed E-state index contributed by atoms with van der Waals surface area (Å²) >= 11 is 6.17. The number of ketones is 1. The van der Waals surface area contributed by atoms with Gasteiger partial charge in [0, 0.05) is 16.3 Å². The number of nitrogens with one attached hydrogen (secondary N) is 1. The minimum absolute atomic E-state index is 0.122. The second kappa shape index (κ2) is 5.44. The molecule has 2 aromatic carbocycles. The molecule has 1 aliphatic carbocycles. The van der Waals surface area contributed by atoms with Gasteiger partial charge in [0.25, 0.3) is 0 Å². The summed E-state index contributed by atoms with van der Waals surface area (Å²) in [6.07, 6.45) is 3.44. The van der Waals surface area contributed by atoms with Gasteiger partial charge in [-0.05, 0) is 48.4 Å². The van der Waals surface area contributed by atoms with E-state index in [1.165, 1.54) is 12.0 Å². The second-order valence-electron chi connectivity index (χ2n) is 6.29. The normalized spacial score (nSPS) is 26.0. The minimum atomic E-state index is -0.122. The number of hydrogen-bond acceptors (Lipinski definition) is 2. The van der Waals surface area contributed by atoms with Crippen LogP contribution < -0.4 is 5.32 Å². The Balaban J connectivity index is 1.73. The number of fused-ring (bicyclic) bond motifs is 3. The first-order chi connectivity index (χ1) is 10.7. The van der Waals surface area contributed by atoms with E-state index in [0.717, 1.165) is 29.1 Å². The largest absolute Gasteiger partial charge is 0.374 e. The van der Waals surface area contributed by atoms with Crippen LogP contribution in [0.25, 0.3) is 0 Å². The Morgan fingerprint density at radius 1 is 1.09 bits per heavy atom. The molecule has 0 aromatic heterocycles. The minimum Gasteiger partial charge on any atom is -0.374 e. The Morgan fingerprint density at radius 3 is 2.73 bits per heavy atom. The lowest BCUT2D eigenvalue weighted by molar-refractivity contribution is 0.0936. The molecule has 22 heavy (non-hydrogen) atoms. The van der Waals surface area contributed by atoms with Gasteiger partial charge < -0.3 is 5.32 Å². The molecule has 0 unspecified atom stereocenters. The number of anilines is 1. The lowest BCUT2D eigenvalue weighted by Gasteiger charge is -2.36. The van der Waals surface area contributed by atoms with Crippen molar-refractivity contribution in [3.8, 4) is 0 Å². The number of carbonyl (C=O) groups excluding carboxylic acids is 1. The van der Waals surface area contributed by atoms with Crippen LogP contribution in [0.15, 0.2) is 48.5 Å². The summed E-state index contributed by atoms with van der Waals surface area (Å²) in [5, 5.41) is 4.26. The monoisotopic (exact) mass is 311 g/mol. The van der Waals surface area contributed by atoms with Gasteiger partial charge in [-0.25, -0.2) is 0 Å². The highest BCUT2D eigenvalue weighted by Crippen LogP contribution is 2.49. The van der Waals surface area contributed by atoms with Gasteiger partial charge in [-0.3, -0.25) is 4.79 Å². The molecule has 1 N–H and O–H groups in total. The van der Waals surface area contributed by atoms with E-state index in [4.69, 9.17) is 11.6 Å². The number of benzene rings is 2. The molecule has 2 aliphatic rings. The van der Waals surface area contributed by atoms with Crippen molar-refractivity contribution in [2.24, 2.45) is 5.92 Å². The summed E-state index contributed by atoms with van der Waals surface area (Å²) in [4.78, 5) is 12.9. The molecule has 4 rings (SSSR count). The summed E-state index contributed by atoms with van der Waals surface area (Å²) in [5.41, 5.74) is 3.15. The molecule has 2 nitrogen and oxygen atoms in total.